The maximum atomic E-state index is 5.29. The monoisotopic (exact) mass is 148 g/mol. The molecule has 0 N–H and O–H groups in total. The third-order valence-electron chi connectivity index (χ3n) is 2.33. The van der Waals surface area contributed by atoms with Gasteiger partial charge in [-0.25, -0.2) is 0 Å². The largest absolute Gasteiger partial charge is 0.380 e. The van der Waals surface area contributed by atoms with Crippen molar-refractivity contribution in [2.75, 3.05) is 7.11 Å². The lowest BCUT2D eigenvalue weighted by atomic mass is 10.2. The second-order valence-electron chi connectivity index (χ2n) is 3.01. The SMILES string of the molecule is COC1C2C=CC=CC=CC21. The van der Waals surface area contributed by atoms with E-state index in [0.29, 0.717) is 17.9 Å². The van der Waals surface area contributed by atoms with Crippen LogP contribution in [0.3, 0.4) is 0 Å². The van der Waals surface area contributed by atoms with Gasteiger partial charge in [0.15, 0.2) is 0 Å². The zero-order chi connectivity index (χ0) is 7.68. The molecular weight excluding hydrogens is 136 g/mol. The van der Waals surface area contributed by atoms with E-state index in [2.05, 4.69) is 36.5 Å². The standard InChI is InChI=1S/C10H12O/c1-11-10-8-6-4-2-3-5-7-9(8)10/h2-10H,1H3. The second kappa shape index (κ2) is 2.67. The van der Waals surface area contributed by atoms with Crippen molar-refractivity contribution < 1.29 is 4.74 Å². The van der Waals surface area contributed by atoms with Crippen LogP contribution in [-0.4, -0.2) is 13.2 Å². The summed E-state index contributed by atoms with van der Waals surface area (Å²) in [5.41, 5.74) is 0. The molecule has 1 saturated carbocycles. The summed E-state index contributed by atoms with van der Waals surface area (Å²) >= 11 is 0. The lowest BCUT2D eigenvalue weighted by Gasteiger charge is -1.87. The molecule has 0 aromatic rings. The molecule has 2 unspecified atom stereocenters. The van der Waals surface area contributed by atoms with E-state index in [4.69, 9.17) is 4.74 Å². The van der Waals surface area contributed by atoms with Crippen molar-refractivity contribution in [3.05, 3.63) is 36.5 Å². The van der Waals surface area contributed by atoms with Crippen LogP contribution in [0.25, 0.3) is 0 Å². The van der Waals surface area contributed by atoms with Crippen LogP contribution >= 0.6 is 0 Å². The van der Waals surface area contributed by atoms with Crippen LogP contribution in [0.2, 0.25) is 0 Å². The van der Waals surface area contributed by atoms with Crippen molar-refractivity contribution >= 4 is 0 Å². The Labute approximate surface area is 67.1 Å². The average Bonchev–Trinajstić information content (AvgIpc) is 2.60. The number of rotatable bonds is 1. The normalized spacial score (nSPS) is 39.5. The fourth-order valence-corrected chi connectivity index (χ4v) is 1.63. The third-order valence-corrected chi connectivity index (χ3v) is 2.33. The van der Waals surface area contributed by atoms with Crippen molar-refractivity contribution in [3.63, 3.8) is 0 Å². The zero-order valence-electron chi connectivity index (χ0n) is 6.60. The number of hydrogen-bond donors (Lipinski definition) is 0. The van der Waals surface area contributed by atoms with Gasteiger partial charge < -0.3 is 4.74 Å². The summed E-state index contributed by atoms with van der Waals surface area (Å²) < 4.78 is 5.29. The first kappa shape index (κ1) is 6.86. The molecule has 0 saturated heterocycles. The maximum absolute atomic E-state index is 5.29. The highest BCUT2D eigenvalue weighted by molar-refractivity contribution is 5.25. The minimum absolute atomic E-state index is 0.433. The lowest BCUT2D eigenvalue weighted by molar-refractivity contribution is 0.168. The average molecular weight is 148 g/mol. The van der Waals surface area contributed by atoms with E-state index >= 15 is 0 Å². The Kier molecular flexibility index (Phi) is 1.66. The minimum atomic E-state index is 0.433. The van der Waals surface area contributed by atoms with Crippen LogP contribution in [-0.2, 0) is 4.74 Å². The van der Waals surface area contributed by atoms with E-state index in [9.17, 15) is 0 Å². The molecule has 2 aliphatic rings. The van der Waals surface area contributed by atoms with Gasteiger partial charge in [0.05, 0.1) is 6.10 Å². The molecular formula is C10H12O. The van der Waals surface area contributed by atoms with E-state index in [1.54, 1.807) is 7.11 Å². The van der Waals surface area contributed by atoms with E-state index in [0.717, 1.165) is 0 Å². The number of allylic oxidation sites excluding steroid dienone is 4. The molecule has 58 valence electrons. The molecule has 0 heterocycles. The summed E-state index contributed by atoms with van der Waals surface area (Å²) in [5, 5.41) is 0. The summed E-state index contributed by atoms with van der Waals surface area (Å²) in [6, 6.07) is 0. The summed E-state index contributed by atoms with van der Waals surface area (Å²) in [6.45, 7) is 0. The molecule has 0 aliphatic heterocycles. The Balaban J connectivity index is 2.12. The Hall–Kier alpha value is -0.820. The van der Waals surface area contributed by atoms with Gasteiger partial charge in [-0.2, -0.15) is 0 Å². The highest BCUT2D eigenvalue weighted by Crippen LogP contribution is 2.44. The molecule has 2 rings (SSSR count). The fourth-order valence-electron chi connectivity index (χ4n) is 1.63. The second-order valence-corrected chi connectivity index (χ2v) is 3.01. The molecule has 0 spiro atoms. The van der Waals surface area contributed by atoms with E-state index in [1.165, 1.54) is 0 Å². The van der Waals surface area contributed by atoms with Gasteiger partial charge in [-0.05, 0) is 0 Å². The fraction of sp³-hybridized carbons (Fsp3) is 0.400. The van der Waals surface area contributed by atoms with Gasteiger partial charge in [-0.1, -0.05) is 36.5 Å². The predicted molar refractivity (Wildman–Crippen MR) is 45.2 cm³/mol. The smallest absolute Gasteiger partial charge is 0.0709 e. The van der Waals surface area contributed by atoms with Crippen molar-refractivity contribution in [1.29, 1.82) is 0 Å². The first-order valence-corrected chi connectivity index (χ1v) is 3.98. The highest BCUT2D eigenvalue weighted by Gasteiger charge is 2.46. The van der Waals surface area contributed by atoms with Crippen molar-refractivity contribution in [1.82, 2.24) is 0 Å². The van der Waals surface area contributed by atoms with Gasteiger partial charge in [0.1, 0.15) is 0 Å². The maximum Gasteiger partial charge on any atom is 0.0709 e. The summed E-state index contributed by atoms with van der Waals surface area (Å²) in [6.07, 6.45) is 13.2. The van der Waals surface area contributed by atoms with Gasteiger partial charge in [0, 0.05) is 18.9 Å². The summed E-state index contributed by atoms with van der Waals surface area (Å²) in [5.74, 6) is 1.25. The number of hydrogen-bond acceptors (Lipinski definition) is 1. The molecule has 1 heteroatoms. The quantitative estimate of drug-likeness (QED) is 0.552. The van der Waals surface area contributed by atoms with Gasteiger partial charge in [0.25, 0.3) is 0 Å². The van der Waals surface area contributed by atoms with E-state index in [1.807, 2.05) is 0 Å². The van der Waals surface area contributed by atoms with Gasteiger partial charge in [-0.15, -0.1) is 0 Å². The number of methoxy groups -OCH3 is 1. The molecule has 2 aliphatic carbocycles. The van der Waals surface area contributed by atoms with Gasteiger partial charge in [-0.3, -0.25) is 0 Å². The number of ether oxygens (including phenoxy) is 1. The van der Waals surface area contributed by atoms with Crippen LogP contribution < -0.4 is 0 Å². The molecule has 11 heavy (non-hydrogen) atoms. The molecule has 0 aromatic heterocycles. The Bertz CT molecular complexity index is 203. The van der Waals surface area contributed by atoms with Crippen molar-refractivity contribution in [2.24, 2.45) is 11.8 Å². The van der Waals surface area contributed by atoms with Crippen molar-refractivity contribution in [3.8, 4) is 0 Å². The topological polar surface area (TPSA) is 9.23 Å². The third kappa shape index (κ3) is 1.16. The molecule has 0 aromatic carbocycles. The molecule has 0 amide bonds. The molecule has 1 nitrogen and oxygen atoms in total. The van der Waals surface area contributed by atoms with E-state index < -0.39 is 0 Å². The molecule has 2 atom stereocenters. The summed E-state index contributed by atoms with van der Waals surface area (Å²) in [4.78, 5) is 0. The molecule has 0 radical (unpaired) electrons. The van der Waals surface area contributed by atoms with E-state index in [-0.39, 0.29) is 0 Å². The highest BCUT2D eigenvalue weighted by atomic mass is 16.5. The van der Waals surface area contributed by atoms with Crippen LogP contribution in [0.4, 0.5) is 0 Å². The van der Waals surface area contributed by atoms with Crippen LogP contribution in [0, 0.1) is 11.8 Å². The van der Waals surface area contributed by atoms with Gasteiger partial charge >= 0.3 is 0 Å². The Morgan fingerprint density at radius 1 is 0.909 bits per heavy atom. The zero-order valence-corrected chi connectivity index (χ0v) is 6.60. The lowest BCUT2D eigenvalue weighted by Crippen LogP contribution is -1.89. The number of fused-ring (bicyclic) bond motifs is 1. The first-order chi connectivity index (χ1) is 5.43. The Morgan fingerprint density at radius 2 is 1.45 bits per heavy atom. The van der Waals surface area contributed by atoms with Crippen LogP contribution in [0.1, 0.15) is 0 Å². The molecule has 1 fully saturated rings. The van der Waals surface area contributed by atoms with Crippen LogP contribution in [0.15, 0.2) is 36.5 Å². The first-order valence-electron chi connectivity index (χ1n) is 3.98. The summed E-state index contributed by atoms with van der Waals surface area (Å²) in [7, 11) is 1.78. The Morgan fingerprint density at radius 3 is 1.91 bits per heavy atom. The predicted octanol–water partition coefficient (Wildman–Crippen LogP) is 1.93. The van der Waals surface area contributed by atoms with Crippen LogP contribution in [0.5, 0.6) is 0 Å². The van der Waals surface area contributed by atoms with Gasteiger partial charge in [0.2, 0.25) is 0 Å². The van der Waals surface area contributed by atoms with Crippen molar-refractivity contribution in [2.45, 2.75) is 6.10 Å². The minimum Gasteiger partial charge on any atom is -0.380 e. The molecule has 0 bridgehead atoms.